The lowest BCUT2D eigenvalue weighted by Crippen LogP contribution is -2.55. The molecule has 1 aromatic heterocycles. The Morgan fingerprint density at radius 2 is 1.62 bits per heavy atom. The van der Waals surface area contributed by atoms with Gasteiger partial charge in [0.25, 0.3) is 0 Å². The summed E-state index contributed by atoms with van der Waals surface area (Å²) in [4.78, 5) is 13.0. The van der Waals surface area contributed by atoms with Gasteiger partial charge in [-0.3, -0.25) is 4.79 Å². The van der Waals surface area contributed by atoms with Crippen LogP contribution in [0.4, 0.5) is 0 Å². The molecule has 0 bridgehead atoms. The SMILES string of the molecule is O=c1c2ccccc2oc2cccc(C3O[C@H](CO)[C@@H](O)[C@H](O)[C@H]3O)c12. The smallest absolute Gasteiger partial charge is 0.200 e. The molecule has 0 radical (unpaired) electrons. The van der Waals surface area contributed by atoms with E-state index in [1.165, 1.54) is 0 Å². The molecular formula is C19H18O7. The molecule has 1 saturated heterocycles. The van der Waals surface area contributed by atoms with Gasteiger partial charge >= 0.3 is 0 Å². The zero-order valence-corrected chi connectivity index (χ0v) is 13.6. The monoisotopic (exact) mass is 358 g/mol. The van der Waals surface area contributed by atoms with E-state index in [0.717, 1.165) is 0 Å². The van der Waals surface area contributed by atoms with Crippen LogP contribution in [-0.4, -0.2) is 51.4 Å². The number of hydrogen-bond acceptors (Lipinski definition) is 7. The highest BCUT2D eigenvalue weighted by Crippen LogP contribution is 2.35. The van der Waals surface area contributed by atoms with Gasteiger partial charge in [0.1, 0.15) is 41.7 Å². The molecule has 2 aromatic carbocycles. The zero-order chi connectivity index (χ0) is 18.4. The fourth-order valence-corrected chi connectivity index (χ4v) is 3.47. The number of para-hydroxylation sites is 1. The van der Waals surface area contributed by atoms with E-state index in [1.807, 2.05) is 0 Å². The molecule has 0 amide bonds. The second-order valence-electron chi connectivity index (χ2n) is 6.40. The van der Waals surface area contributed by atoms with Crippen molar-refractivity contribution in [3.05, 3.63) is 58.3 Å². The molecule has 5 atom stereocenters. The Balaban J connectivity index is 1.94. The molecule has 4 N–H and O–H groups in total. The summed E-state index contributed by atoms with van der Waals surface area (Å²) in [5, 5.41) is 40.4. The van der Waals surface area contributed by atoms with Crippen LogP contribution in [0.25, 0.3) is 21.9 Å². The summed E-state index contributed by atoms with van der Waals surface area (Å²) in [5.74, 6) is 0. The van der Waals surface area contributed by atoms with Gasteiger partial charge in [-0.25, -0.2) is 0 Å². The van der Waals surface area contributed by atoms with Gasteiger partial charge < -0.3 is 29.6 Å². The Hall–Kier alpha value is -2.29. The molecule has 26 heavy (non-hydrogen) atoms. The van der Waals surface area contributed by atoms with Crippen molar-refractivity contribution in [2.24, 2.45) is 0 Å². The number of hydrogen-bond donors (Lipinski definition) is 4. The maximum Gasteiger partial charge on any atom is 0.200 e. The highest BCUT2D eigenvalue weighted by Gasteiger charge is 2.44. The lowest BCUT2D eigenvalue weighted by Gasteiger charge is -2.40. The molecule has 7 heteroatoms. The maximum absolute atomic E-state index is 13.0. The molecule has 3 aromatic rings. The molecular weight excluding hydrogens is 340 g/mol. The van der Waals surface area contributed by atoms with Gasteiger partial charge in [-0.05, 0) is 23.8 Å². The van der Waals surface area contributed by atoms with E-state index in [0.29, 0.717) is 22.1 Å². The number of aliphatic hydroxyl groups excluding tert-OH is 4. The minimum atomic E-state index is -1.52. The van der Waals surface area contributed by atoms with Gasteiger partial charge in [-0.1, -0.05) is 24.3 Å². The van der Waals surface area contributed by atoms with Crippen LogP contribution in [0, 0.1) is 0 Å². The summed E-state index contributed by atoms with van der Waals surface area (Å²) in [6.07, 6.45) is -6.60. The van der Waals surface area contributed by atoms with Crippen LogP contribution in [0.15, 0.2) is 51.7 Å². The van der Waals surface area contributed by atoms with Crippen molar-refractivity contribution < 1.29 is 29.6 Å². The summed E-state index contributed by atoms with van der Waals surface area (Å²) < 4.78 is 11.4. The third kappa shape index (κ3) is 2.53. The number of rotatable bonds is 2. The Labute approximate surface area is 147 Å². The minimum Gasteiger partial charge on any atom is -0.456 e. The van der Waals surface area contributed by atoms with Crippen LogP contribution >= 0.6 is 0 Å². The second-order valence-corrected chi connectivity index (χ2v) is 6.40. The molecule has 1 aliphatic rings. The summed E-state index contributed by atoms with van der Waals surface area (Å²) in [7, 11) is 0. The molecule has 0 saturated carbocycles. The van der Waals surface area contributed by atoms with E-state index in [4.69, 9.17) is 9.15 Å². The van der Waals surface area contributed by atoms with Crippen LogP contribution < -0.4 is 5.43 Å². The Morgan fingerprint density at radius 3 is 2.38 bits per heavy atom. The van der Waals surface area contributed by atoms with Crippen LogP contribution in [0.5, 0.6) is 0 Å². The third-order valence-corrected chi connectivity index (χ3v) is 4.84. The quantitative estimate of drug-likeness (QED) is 0.491. The van der Waals surface area contributed by atoms with Gasteiger partial charge in [-0.15, -0.1) is 0 Å². The van der Waals surface area contributed by atoms with Crippen molar-refractivity contribution in [3.63, 3.8) is 0 Å². The molecule has 1 unspecified atom stereocenters. The predicted molar refractivity (Wildman–Crippen MR) is 92.7 cm³/mol. The van der Waals surface area contributed by atoms with Crippen molar-refractivity contribution in [1.29, 1.82) is 0 Å². The highest BCUT2D eigenvalue weighted by atomic mass is 16.5. The zero-order valence-electron chi connectivity index (χ0n) is 13.6. The van der Waals surface area contributed by atoms with Crippen LogP contribution in [0.1, 0.15) is 11.7 Å². The van der Waals surface area contributed by atoms with Crippen molar-refractivity contribution in [3.8, 4) is 0 Å². The van der Waals surface area contributed by atoms with Crippen molar-refractivity contribution in [2.45, 2.75) is 30.5 Å². The maximum atomic E-state index is 13.0. The van der Waals surface area contributed by atoms with E-state index >= 15 is 0 Å². The largest absolute Gasteiger partial charge is 0.456 e. The fourth-order valence-electron chi connectivity index (χ4n) is 3.47. The minimum absolute atomic E-state index is 0.232. The van der Waals surface area contributed by atoms with Crippen LogP contribution in [0.3, 0.4) is 0 Å². The third-order valence-electron chi connectivity index (χ3n) is 4.84. The van der Waals surface area contributed by atoms with Gasteiger partial charge in [0.2, 0.25) is 5.43 Å². The molecule has 2 heterocycles. The fraction of sp³-hybridized carbons (Fsp3) is 0.316. The van der Waals surface area contributed by atoms with E-state index in [-0.39, 0.29) is 10.8 Å². The van der Waals surface area contributed by atoms with Crippen LogP contribution in [0.2, 0.25) is 0 Å². The molecule has 0 spiro atoms. The van der Waals surface area contributed by atoms with E-state index in [9.17, 15) is 25.2 Å². The van der Waals surface area contributed by atoms with Gasteiger partial charge in [-0.2, -0.15) is 0 Å². The molecule has 1 fully saturated rings. The van der Waals surface area contributed by atoms with Crippen molar-refractivity contribution in [1.82, 2.24) is 0 Å². The summed E-state index contributed by atoms with van der Waals surface area (Å²) in [6.45, 7) is -0.538. The first-order valence-corrected chi connectivity index (χ1v) is 8.28. The number of ether oxygens (including phenoxy) is 1. The normalized spacial score (nSPS) is 29.3. The summed E-state index contributed by atoms with van der Waals surface area (Å²) in [6, 6.07) is 11.7. The predicted octanol–water partition coefficient (Wildman–Crippen LogP) is 0.461. The Morgan fingerprint density at radius 1 is 0.885 bits per heavy atom. The first-order chi connectivity index (χ1) is 12.5. The molecule has 0 aliphatic carbocycles. The topological polar surface area (TPSA) is 120 Å². The highest BCUT2D eigenvalue weighted by molar-refractivity contribution is 5.91. The van der Waals surface area contributed by atoms with Gasteiger partial charge in [0.05, 0.1) is 17.4 Å². The average molecular weight is 358 g/mol. The first kappa shape index (κ1) is 17.1. The Kier molecular flexibility index (Phi) is 4.26. The van der Waals surface area contributed by atoms with Crippen molar-refractivity contribution >= 4 is 21.9 Å². The summed E-state index contributed by atoms with van der Waals surface area (Å²) >= 11 is 0. The first-order valence-electron chi connectivity index (χ1n) is 8.28. The average Bonchev–Trinajstić information content (AvgIpc) is 2.66. The second kappa shape index (κ2) is 6.46. The Bertz CT molecular complexity index is 1010. The molecule has 4 rings (SSSR count). The lowest BCUT2D eigenvalue weighted by atomic mass is 9.89. The molecule has 136 valence electrons. The standard InChI is InChI=1S/C19H18O7/c20-8-13-16(22)17(23)18(24)19(26-13)10-5-3-7-12-14(10)15(21)9-4-1-2-6-11(9)25-12/h1-7,13,16-20,22-24H,8H2/t13-,16-,17+,18-,19?/m1/s1. The molecule has 1 aliphatic heterocycles. The van der Waals surface area contributed by atoms with E-state index in [1.54, 1.807) is 42.5 Å². The number of benzene rings is 2. The van der Waals surface area contributed by atoms with Crippen LogP contribution in [-0.2, 0) is 4.74 Å². The molecule has 7 nitrogen and oxygen atoms in total. The number of aliphatic hydroxyl groups is 4. The van der Waals surface area contributed by atoms with Gasteiger partial charge in [0.15, 0.2) is 0 Å². The summed E-state index contributed by atoms with van der Waals surface area (Å²) in [5.41, 5.74) is 0.812. The van der Waals surface area contributed by atoms with E-state index in [2.05, 4.69) is 0 Å². The van der Waals surface area contributed by atoms with Gasteiger partial charge in [0, 0.05) is 0 Å². The van der Waals surface area contributed by atoms with E-state index < -0.39 is 37.1 Å². The lowest BCUT2D eigenvalue weighted by molar-refractivity contribution is -0.231. The van der Waals surface area contributed by atoms with Crippen molar-refractivity contribution in [2.75, 3.05) is 6.61 Å². The number of fused-ring (bicyclic) bond motifs is 2.